The van der Waals surface area contributed by atoms with Crippen LogP contribution in [0.25, 0.3) is 0 Å². The van der Waals surface area contributed by atoms with Gasteiger partial charge in [-0.3, -0.25) is 4.79 Å². The lowest BCUT2D eigenvalue weighted by atomic mass is 10.1. The Bertz CT molecular complexity index is 91.1. The highest BCUT2D eigenvalue weighted by molar-refractivity contribution is 5.68. The summed E-state index contributed by atoms with van der Waals surface area (Å²) < 4.78 is 0. The number of hydrogen-bond acceptors (Lipinski definition) is 3. The number of carbonyl (C=O) groups is 1. The van der Waals surface area contributed by atoms with E-state index < -0.39 is 0 Å². The third-order valence-corrected chi connectivity index (χ3v) is 1.06. The molecule has 0 aliphatic carbocycles. The van der Waals surface area contributed by atoms with Crippen molar-refractivity contribution in [3.8, 4) is 0 Å². The van der Waals surface area contributed by atoms with Gasteiger partial charge in [-0.25, -0.2) is 0 Å². The molecule has 0 amide bonds. The molecule has 0 fully saturated rings. The third-order valence-electron chi connectivity index (χ3n) is 1.06. The van der Waals surface area contributed by atoms with E-state index in [9.17, 15) is 4.79 Å². The summed E-state index contributed by atoms with van der Waals surface area (Å²) in [7, 11) is 0. The minimum Gasteiger partial charge on any atom is -0.373 e. The zero-order valence-corrected chi connectivity index (χ0v) is 5.89. The minimum absolute atomic E-state index is 0.330. The maximum atomic E-state index is 10.4. The van der Waals surface area contributed by atoms with Gasteiger partial charge in [0.25, 0.3) is 0 Å². The van der Waals surface area contributed by atoms with Crippen molar-refractivity contribution in [2.24, 2.45) is 11.8 Å². The van der Waals surface area contributed by atoms with Crippen molar-refractivity contribution in [3.63, 3.8) is 0 Å². The van der Waals surface area contributed by atoms with Crippen LogP contribution in [-0.4, -0.2) is 5.97 Å². The topological polar surface area (TPSA) is 52.3 Å². The molecule has 0 aromatic carbocycles. The Hall–Kier alpha value is -0.570. The van der Waals surface area contributed by atoms with Gasteiger partial charge in [-0.1, -0.05) is 13.8 Å². The zero-order valence-electron chi connectivity index (χ0n) is 5.89. The van der Waals surface area contributed by atoms with Gasteiger partial charge in [0.1, 0.15) is 0 Å². The molecule has 0 rings (SSSR count). The Kier molecular flexibility index (Phi) is 4.05. The van der Waals surface area contributed by atoms with E-state index in [0.717, 1.165) is 6.42 Å². The second-order valence-electron chi connectivity index (χ2n) is 2.42. The Morgan fingerprint density at radius 2 is 2.22 bits per heavy atom. The average Bonchev–Trinajstić information content (AvgIpc) is 1.83. The van der Waals surface area contributed by atoms with Gasteiger partial charge < -0.3 is 4.84 Å². The smallest absolute Gasteiger partial charge is 0.324 e. The molecule has 0 aliphatic rings. The normalized spacial score (nSPS) is 9.78. The molecule has 0 atom stereocenters. The summed E-state index contributed by atoms with van der Waals surface area (Å²) in [6, 6.07) is 0. The maximum Gasteiger partial charge on any atom is 0.324 e. The second kappa shape index (κ2) is 4.32. The fourth-order valence-electron chi connectivity index (χ4n) is 0.465. The summed E-state index contributed by atoms with van der Waals surface area (Å²) in [5, 5.41) is 0. The van der Waals surface area contributed by atoms with Crippen LogP contribution in [0.3, 0.4) is 0 Å². The van der Waals surface area contributed by atoms with Crippen molar-refractivity contribution in [3.05, 3.63) is 0 Å². The van der Waals surface area contributed by atoms with Gasteiger partial charge in [-0.15, -0.1) is 0 Å². The first kappa shape index (κ1) is 8.43. The van der Waals surface area contributed by atoms with Crippen LogP contribution in [0, 0.1) is 5.92 Å². The quantitative estimate of drug-likeness (QED) is 0.577. The van der Waals surface area contributed by atoms with Gasteiger partial charge in [0.2, 0.25) is 0 Å². The maximum absolute atomic E-state index is 10.4. The van der Waals surface area contributed by atoms with Gasteiger partial charge in [-0.2, -0.15) is 5.90 Å². The fourth-order valence-corrected chi connectivity index (χ4v) is 0.465. The third kappa shape index (κ3) is 5.30. The van der Waals surface area contributed by atoms with Crippen molar-refractivity contribution in [1.82, 2.24) is 0 Å². The molecule has 0 radical (unpaired) electrons. The van der Waals surface area contributed by atoms with Crippen LogP contribution < -0.4 is 5.90 Å². The number of hydrogen-bond donors (Lipinski definition) is 1. The molecule has 0 unspecified atom stereocenters. The van der Waals surface area contributed by atoms with Crippen LogP contribution in [-0.2, 0) is 9.63 Å². The van der Waals surface area contributed by atoms with Crippen molar-refractivity contribution in [2.45, 2.75) is 26.7 Å². The van der Waals surface area contributed by atoms with Crippen LogP contribution in [0.1, 0.15) is 26.7 Å². The average molecular weight is 131 g/mol. The van der Waals surface area contributed by atoms with Gasteiger partial charge in [0.05, 0.1) is 0 Å². The van der Waals surface area contributed by atoms with E-state index in [1.807, 2.05) is 13.8 Å². The number of nitrogens with two attached hydrogens (primary N) is 1. The second-order valence-corrected chi connectivity index (χ2v) is 2.42. The predicted molar refractivity (Wildman–Crippen MR) is 34.4 cm³/mol. The summed E-state index contributed by atoms with van der Waals surface area (Å²) in [6.45, 7) is 4.09. The molecule has 3 nitrogen and oxygen atoms in total. The van der Waals surface area contributed by atoms with E-state index in [1.165, 1.54) is 0 Å². The molecule has 0 heterocycles. The van der Waals surface area contributed by atoms with Crippen molar-refractivity contribution in [2.75, 3.05) is 0 Å². The molecule has 0 bridgehead atoms. The highest BCUT2D eigenvalue weighted by atomic mass is 16.7. The first-order chi connectivity index (χ1) is 4.16. The van der Waals surface area contributed by atoms with E-state index in [0.29, 0.717) is 12.3 Å². The van der Waals surface area contributed by atoms with E-state index in [-0.39, 0.29) is 5.97 Å². The molecular weight excluding hydrogens is 118 g/mol. The van der Waals surface area contributed by atoms with Gasteiger partial charge in [0.15, 0.2) is 0 Å². The Morgan fingerprint density at radius 1 is 1.67 bits per heavy atom. The lowest BCUT2D eigenvalue weighted by Crippen LogP contribution is -2.10. The molecular formula is C6H13NO2. The molecule has 0 saturated heterocycles. The molecule has 2 N–H and O–H groups in total. The van der Waals surface area contributed by atoms with Crippen molar-refractivity contribution < 1.29 is 9.63 Å². The number of carbonyl (C=O) groups excluding carboxylic acids is 1. The summed E-state index contributed by atoms with van der Waals surface area (Å²) in [5.41, 5.74) is 0. The van der Waals surface area contributed by atoms with Crippen molar-refractivity contribution >= 4 is 5.97 Å². The van der Waals surface area contributed by atoms with Gasteiger partial charge >= 0.3 is 5.97 Å². The summed E-state index contributed by atoms with van der Waals surface area (Å²) >= 11 is 0. The standard InChI is InChI=1S/C6H13NO2/c1-5(2)3-4-6(8)9-7/h5H,3-4,7H2,1-2H3. The first-order valence-corrected chi connectivity index (χ1v) is 3.06. The molecule has 0 saturated carbocycles. The largest absolute Gasteiger partial charge is 0.373 e. The summed E-state index contributed by atoms with van der Waals surface area (Å²) in [6.07, 6.45) is 1.27. The van der Waals surface area contributed by atoms with Gasteiger partial charge in [0, 0.05) is 6.42 Å². The first-order valence-electron chi connectivity index (χ1n) is 3.06. The molecule has 0 spiro atoms. The summed E-state index contributed by atoms with van der Waals surface area (Å²) in [5.74, 6) is 4.81. The Balaban J connectivity index is 3.17. The molecule has 0 aromatic rings. The predicted octanol–water partition coefficient (Wildman–Crippen LogP) is 0.840. The highest BCUT2D eigenvalue weighted by Gasteiger charge is 2.01. The van der Waals surface area contributed by atoms with Crippen molar-refractivity contribution in [1.29, 1.82) is 0 Å². The zero-order chi connectivity index (χ0) is 7.28. The van der Waals surface area contributed by atoms with Crippen LogP contribution in [0.2, 0.25) is 0 Å². The van der Waals surface area contributed by atoms with Crippen LogP contribution in [0.5, 0.6) is 0 Å². The number of rotatable bonds is 3. The van der Waals surface area contributed by atoms with E-state index in [1.54, 1.807) is 0 Å². The van der Waals surface area contributed by atoms with E-state index in [2.05, 4.69) is 10.7 Å². The Labute approximate surface area is 55.1 Å². The van der Waals surface area contributed by atoms with Crippen LogP contribution in [0.15, 0.2) is 0 Å². The van der Waals surface area contributed by atoms with Crippen LogP contribution >= 0.6 is 0 Å². The fraction of sp³-hybridized carbons (Fsp3) is 0.833. The minimum atomic E-state index is -0.330. The lowest BCUT2D eigenvalue weighted by Gasteiger charge is -2.00. The van der Waals surface area contributed by atoms with E-state index >= 15 is 0 Å². The molecule has 3 heteroatoms. The van der Waals surface area contributed by atoms with Gasteiger partial charge in [-0.05, 0) is 12.3 Å². The SMILES string of the molecule is CC(C)CCC(=O)ON. The van der Waals surface area contributed by atoms with E-state index in [4.69, 9.17) is 0 Å². The Morgan fingerprint density at radius 3 is 2.56 bits per heavy atom. The molecule has 54 valence electrons. The summed E-state index contributed by atoms with van der Waals surface area (Å²) in [4.78, 5) is 14.3. The lowest BCUT2D eigenvalue weighted by molar-refractivity contribution is -0.144. The van der Waals surface area contributed by atoms with Crippen LogP contribution in [0.4, 0.5) is 0 Å². The highest BCUT2D eigenvalue weighted by Crippen LogP contribution is 2.02. The molecule has 0 aliphatic heterocycles. The molecule has 0 aromatic heterocycles. The molecule has 9 heavy (non-hydrogen) atoms. The monoisotopic (exact) mass is 131 g/mol.